The molecule has 0 radical (unpaired) electrons. The number of carbonyl (C=O) groups is 1. The smallest absolute Gasteiger partial charge is 0.321 e. The highest BCUT2D eigenvalue weighted by Gasteiger charge is 2.19. The van der Waals surface area contributed by atoms with E-state index in [1.807, 2.05) is 0 Å². The minimum absolute atomic E-state index is 0. The summed E-state index contributed by atoms with van der Waals surface area (Å²) in [5.74, 6) is -0.820. The van der Waals surface area contributed by atoms with Gasteiger partial charge < -0.3 is 25.4 Å². The predicted molar refractivity (Wildman–Crippen MR) is 155 cm³/mol. The summed E-state index contributed by atoms with van der Waals surface area (Å²) in [5, 5.41) is 31.8. The molecule has 4 N–H and O–H groups in total. The first-order valence-electron chi connectivity index (χ1n) is 14.5. The number of phenols is 1. The Hall–Kier alpha value is -1.34. The molecule has 0 fully saturated rings. The van der Waals surface area contributed by atoms with Crippen molar-refractivity contribution in [1.29, 1.82) is 0 Å². The fourth-order valence-electron chi connectivity index (χ4n) is 4.42. The molecule has 7 heteroatoms. The lowest BCUT2D eigenvalue weighted by molar-refractivity contribution is -0.139. The lowest BCUT2D eigenvalue weighted by atomic mass is 10.0. The largest absolute Gasteiger partial charge is 0.508 e. The van der Waals surface area contributed by atoms with Crippen molar-refractivity contribution in [3.63, 3.8) is 0 Å². The fraction of sp³-hybridized carbons (Fsp3) is 0.767. The molecule has 0 bridgehead atoms. The Morgan fingerprint density at radius 2 is 1.27 bits per heavy atom. The molecule has 2 atom stereocenters. The highest BCUT2D eigenvalue weighted by Crippen LogP contribution is 2.14. The Morgan fingerprint density at radius 1 is 0.811 bits per heavy atom. The van der Waals surface area contributed by atoms with Gasteiger partial charge in [0.25, 0.3) is 0 Å². The van der Waals surface area contributed by atoms with Gasteiger partial charge in [-0.1, -0.05) is 115 Å². The number of aliphatic carboxylic acids is 1. The zero-order valence-electron chi connectivity index (χ0n) is 23.2. The van der Waals surface area contributed by atoms with E-state index in [2.05, 4.69) is 12.2 Å². The number of ether oxygens (including phenoxy) is 1. The summed E-state index contributed by atoms with van der Waals surface area (Å²) in [6.45, 7) is 3.27. The van der Waals surface area contributed by atoms with E-state index in [0.717, 1.165) is 18.4 Å². The van der Waals surface area contributed by atoms with Crippen molar-refractivity contribution in [2.45, 2.75) is 128 Å². The molecule has 216 valence electrons. The molecule has 0 aromatic heterocycles. The number of aliphatic hydroxyl groups is 1. The maximum absolute atomic E-state index is 11.5. The third-order valence-corrected chi connectivity index (χ3v) is 6.73. The molecule has 0 saturated carbocycles. The molecule has 0 aliphatic rings. The molecular weight excluding hydrogens is 490 g/mol. The van der Waals surface area contributed by atoms with Crippen LogP contribution in [0.3, 0.4) is 0 Å². The van der Waals surface area contributed by atoms with Gasteiger partial charge in [-0.15, -0.1) is 12.4 Å². The number of nitrogens with one attached hydrogen (secondary N) is 1. The number of aliphatic hydroxyl groups excluding tert-OH is 1. The van der Waals surface area contributed by atoms with Crippen LogP contribution < -0.4 is 5.32 Å². The fourth-order valence-corrected chi connectivity index (χ4v) is 4.42. The lowest BCUT2D eigenvalue weighted by Crippen LogP contribution is -2.43. The second-order valence-corrected chi connectivity index (χ2v) is 10.2. The van der Waals surface area contributed by atoms with Crippen molar-refractivity contribution in [3.8, 4) is 5.75 Å². The van der Waals surface area contributed by atoms with E-state index < -0.39 is 18.1 Å². The Labute approximate surface area is 232 Å². The van der Waals surface area contributed by atoms with Gasteiger partial charge in [0.1, 0.15) is 11.8 Å². The summed E-state index contributed by atoms with van der Waals surface area (Å²) in [6.07, 6.45) is 20.9. The van der Waals surface area contributed by atoms with Gasteiger partial charge in [0, 0.05) is 13.2 Å². The summed E-state index contributed by atoms with van der Waals surface area (Å²) in [7, 11) is 0. The van der Waals surface area contributed by atoms with E-state index in [9.17, 15) is 20.1 Å². The molecule has 0 saturated heterocycles. The second kappa shape index (κ2) is 25.0. The first-order valence-corrected chi connectivity index (χ1v) is 14.5. The molecule has 1 aromatic carbocycles. The number of unbranched alkanes of at least 4 members (excludes halogenated alkanes) is 15. The molecule has 0 aliphatic heterocycles. The number of carboxylic acids is 1. The van der Waals surface area contributed by atoms with Crippen molar-refractivity contribution < 1.29 is 24.9 Å². The zero-order valence-corrected chi connectivity index (χ0v) is 24.0. The number of aromatic hydroxyl groups is 1. The van der Waals surface area contributed by atoms with Gasteiger partial charge in [0.15, 0.2) is 0 Å². The summed E-state index contributed by atoms with van der Waals surface area (Å²) >= 11 is 0. The number of carboxylic acid groups (broad SMARTS) is 1. The Kier molecular flexibility index (Phi) is 24.1. The van der Waals surface area contributed by atoms with E-state index in [-0.39, 0.29) is 37.7 Å². The van der Waals surface area contributed by atoms with Gasteiger partial charge in [0.2, 0.25) is 0 Å². The first kappa shape index (κ1) is 35.7. The number of benzene rings is 1. The van der Waals surface area contributed by atoms with E-state index in [0.29, 0.717) is 6.61 Å². The highest BCUT2D eigenvalue weighted by atomic mass is 35.5. The highest BCUT2D eigenvalue weighted by molar-refractivity contribution is 5.85. The van der Waals surface area contributed by atoms with Crippen molar-refractivity contribution >= 4 is 18.4 Å². The zero-order chi connectivity index (χ0) is 26.3. The summed E-state index contributed by atoms with van der Waals surface area (Å²) in [6, 6.07) is 5.67. The monoisotopic (exact) mass is 543 g/mol. The summed E-state index contributed by atoms with van der Waals surface area (Å²) < 4.78 is 5.57. The summed E-state index contributed by atoms with van der Waals surface area (Å²) in [4.78, 5) is 11.5. The van der Waals surface area contributed by atoms with E-state index in [1.54, 1.807) is 12.1 Å². The Balaban J connectivity index is 0.0000130. The maximum Gasteiger partial charge on any atom is 0.321 e. The van der Waals surface area contributed by atoms with Gasteiger partial charge in [-0.05, 0) is 30.5 Å². The maximum atomic E-state index is 11.5. The van der Waals surface area contributed by atoms with E-state index in [1.165, 1.54) is 102 Å². The Morgan fingerprint density at radius 3 is 1.73 bits per heavy atom. The molecule has 1 aromatic rings. The first-order chi connectivity index (χ1) is 17.5. The number of halogens is 1. The molecule has 0 heterocycles. The van der Waals surface area contributed by atoms with Crippen LogP contribution in [0.15, 0.2) is 24.3 Å². The van der Waals surface area contributed by atoms with Gasteiger partial charge >= 0.3 is 5.97 Å². The van der Waals surface area contributed by atoms with Crippen LogP contribution in [0.25, 0.3) is 0 Å². The molecule has 0 amide bonds. The van der Waals surface area contributed by atoms with Gasteiger partial charge in [-0.3, -0.25) is 4.79 Å². The number of rotatable bonds is 25. The topological polar surface area (TPSA) is 99.0 Å². The van der Waals surface area contributed by atoms with E-state index in [4.69, 9.17) is 4.74 Å². The second-order valence-electron chi connectivity index (χ2n) is 10.2. The SMILES string of the molecule is CCCCCCCCCCCCCCCCCCOCC(O)CNC(Cc1ccc(O)cc1)C(=O)O.Cl. The predicted octanol–water partition coefficient (Wildman–Crippen LogP) is 7.04. The van der Waals surface area contributed by atoms with E-state index >= 15 is 0 Å². The van der Waals surface area contributed by atoms with Gasteiger partial charge in [-0.25, -0.2) is 0 Å². The van der Waals surface area contributed by atoms with Crippen LogP contribution in [0.4, 0.5) is 0 Å². The molecule has 2 unspecified atom stereocenters. The average Bonchev–Trinajstić information content (AvgIpc) is 2.86. The van der Waals surface area contributed by atoms with Crippen LogP contribution in [0.5, 0.6) is 5.75 Å². The minimum Gasteiger partial charge on any atom is -0.508 e. The van der Waals surface area contributed by atoms with Crippen LogP contribution >= 0.6 is 12.4 Å². The Bertz CT molecular complexity index is 643. The minimum atomic E-state index is -0.968. The van der Waals surface area contributed by atoms with Gasteiger partial charge in [-0.2, -0.15) is 0 Å². The number of hydrogen-bond donors (Lipinski definition) is 4. The van der Waals surface area contributed by atoms with Crippen molar-refractivity contribution in [2.75, 3.05) is 19.8 Å². The molecule has 37 heavy (non-hydrogen) atoms. The van der Waals surface area contributed by atoms with Crippen LogP contribution in [0.2, 0.25) is 0 Å². The van der Waals surface area contributed by atoms with Crippen LogP contribution in [-0.4, -0.2) is 53.2 Å². The normalized spacial score (nSPS) is 12.7. The molecular formula is C30H54ClNO5. The van der Waals surface area contributed by atoms with Crippen molar-refractivity contribution in [1.82, 2.24) is 5.32 Å². The summed E-state index contributed by atoms with van der Waals surface area (Å²) in [5.41, 5.74) is 0.807. The molecule has 0 spiro atoms. The standard InChI is InChI=1S/C30H53NO5.ClH/c1-2-3-4-5-6-7-8-9-10-11-12-13-14-15-16-17-22-36-25-28(33)24-31-29(30(34)35)23-26-18-20-27(32)21-19-26;/h18-21,28-29,31-33H,2-17,22-25H2,1H3,(H,34,35);1H. The molecule has 0 aliphatic carbocycles. The average molecular weight is 544 g/mol. The quantitative estimate of drug-likeness (QED) is 0.0987. The third kappa shape index (κ3) is 21.3. The number of phenolic OH excluding ortho intramolecular Hbond substituents is 1. The molecule has 6 nitrogen and oxygen atoms in total. The third-order valence-electron chi connectivity index (χ3n) is 6.73. The van der Waals surface area contributed by atoms with Crippen molar-refractivity contribution in [3.05, 3.63) is 29.8 Å². The lowest BCUT2D eigenvalue weighted by Gasteiger charge is -2.18. The van der Waals surface area contributed by atoms with Crippen LogP contribution in [0, 0.1) is 0 Å². The number of hydrogen-bond acceptors (Lipinski definition) is 5. The van der Waals surface area contributed by atoms with Crippen LogP contribution in [0.1, 0.15) is 115 Å². The molecule has 1 rings (SSSR count). The van der Waals surface area contributed by atoms with Gasteiger partial charge in [0.05, 0.1) is 12.7 Å². The van der Waals surface area contributed by atoms with Crippen LogP contribution in [-0.2, 0) is 16.0 Å². The van der Waals surface area contributed by atoms with Crippen molar-refractivity contribution in [2.24, 2.45) is 0 Å².